The van der Waals surface area contributed by atoms with Crippen LogP contribution in [-0.4, -0.2) is 19.5 Å². The summed E-state index contributed by atoms with van der Waals surface area (Å²) < 4.78 is 23.3. The Hall–Kier alpha value is -4.45. The summed E-state index contributed by atoms with van der Waals surface area (Å²) in [7, 11) is 0. The Morgan fingerprint density at radius 2 is 1.95 bits per heavy atom. The van der Waals surface area contributed by atoms with Gasteiger partial charge in [0.15, 0.2) is 5.58 Å². The smallest absolute Gasteiger partial charge is 0.300 e. The predicted octanol–water partition coefficient (Wildman–Crippen LogP) is 6.58. The number of halogens is 1. The zero-order chi connectivity index (χ0) is 25.7. The van der Waals surface area contributed by atoms with Crippen molar-refractivity contribution in [2.24, 2.45) is 5.92 Å². The number of nitrogens with zero attached hydrogens (tertiary/aromatic N) is 5. The number of hydrogen-bond donors (Lipinski definition) is 2. The lowest BCUT2D eigenvalue weighted by Gasteiger charge is -2.26. The highest BCUT2D eigenvalue weighted by Crippen LogP contribution is 2.40. The molecule has 3 aromatic heterocycles. The van der Waals surface area contributed by atoms with Gasteiger partial charge in [-0.3, -0.25) is 0 Å². The van der Waals surface area contributed by atoms with Gasteiger partial charge in [0.25, 0.3) is 6.01 Å². The van der Waals surface area contributed by atoms with E-state index in [1.807, 2.05) is 38.2 Å². The van der Waals surface area contributed by atoms with Crippen molar-refractivity contribution in [1.82, 2.24) is 19.5 Å². The number of hydrogen-bond acceptors (Lipinski definition) is 7. The third kappa shape index (κ3) is 4.04. The zero-order valence-electron chi connectivity index (χ0n) is 20.6. The van der Waals surface area contributed by atoms with Crippen molar-refractivity contribution in [1.29, 1.82) is 5.26 Å². The van der Waals surface area contributed by atoms with Gasteiger partial charge in [-0.1, -0.05) is 12.1 Å². The van der Waals surface area contributed by atoms with Crippen LogP contribution in [0.25, 0.3) is 33.3 Å². The fraction of sp³-hybridized carbons (Fsp3) is 0.286. The van der Waals surface area contributed by atoms with Gasteiger partial charge in [0, 0.05) is 23.7 Å². The van der Waals surface area contributed by atoms with Crippen LogP contribution in [0.2, 0.25) is 0 Å². The number of aromatic nitrogens is 4. The van der Waals surface area contributed by atoms with Crippen LogP contribution in [0, 0.1) is 36.9 Å². The molecule has 3 N–H and O–H groups in total. The first-order valence-electron chi connectivity index (χ1n) is 12.4. The predicted molar refractivity (Wildman–Crippen MR) is 141 cm³/mol. The first-order chi connectivity index (χ1) is 17.9. The Kier molecular flexibility index (Phi) is 5.52. The average Bonchev–Trinajstić information content (AvgIpc) is 3.48. The second-order valence-electron chi connectivity index (χ2n) is 9.81. The van der Waals surface area contributed by atoms with Crippen LogP contribution < -0.4 is 11.1 Å². The molecular weight excluding hydrogens is 469 g/mol. The molecule has 2 aromatic carbocycles. The fourth-order valence-electron chi connectivity index (χ4n) is 5.42. The van der Waals surface area contributed by atoms with E-state index < -0.39 is 5.82 Å². The normalized spacial score (nSPS) is 17.8. The maximum absolute atomic E-state index is 15.3. The van der Waals surface area contributed by atoms with Crippen LogP contribution in [0.3, 0.4) is 0 Å². The molecule has 0 saturated heterocycles. The molecule has 0 spiro atoms. The molecule has 0 bridgehead atoms. The summed E-state index contributed by atoms with van der Waals surface area (Å²) in [5, 5.41) is 12.9. The average molecular weight is 496 g/mol. The minimum Gasteiger partial charge on any atom is -0.423 e. The maximum atomic E-state index is 15.3. The molecule has 37 heavy (non-hydrogen) atoms. The summed E-state index contributed by atoms with van der Waals surface area (Å²) in [4.78, 5) is 13.2. The summed E-state index contributed by atoms with van der Waals surface area (Å²) in [6, 6.07) is 11.7. The van der Waals surface area contributed by atoms with Gasteiger partial charge < -0.3 is 20.0 Å². The first kappa shape index (κ1) is 23.0. The molecule has 0 unspecified atom stereocenters. The third-order valence-electron chi connectivity index (χ3n) is 7.25. The standard InChI is InChI=1S/C28H26FN7O/c1-15-9-16(2)25-23(10-15)35-28(37-25)34-22-8-5-18(11-21(22)29)20-13-36(19-6-3-17(12-30)4-7-19)27-24(20)26(31)32-14-33-27/h5,8-11,13-14,17,19H,3-4,6-7H2,1-2H3,(H,34,35)(H2,31,32,33)/t17-,19-. The number of rotatable bonds is 4. The first-order valence-corrected chi connectivity index (χ1v) is 12.4. The molecule has 1 fully saturated rings. The topological polar surface area (TPSA) is 119 Å². The molecule has 3 heterocycles. The van der Waals surface area contributed by atoms with E-state index in [0.717, 1.165) is 53.5 Å². The highest BCUT2D eigenvalue weighted by atomic mass is 19.1. The number of oxazole rings is 1. The van der Waals surface area contributed by atoms with E-state index in [1.54, 1.807) is 6.07 Å². The summed E-state index contributed by atoms with van der Waals surface area (Å²) in [5.74, 6) is 0.00304. The number of benzene rings is 2. The summed E-state index contributed by atoms with van der Waals surface area (Å²) in [6.07, 6.45) is 6.90. The minimum absolute atomic E-state index is 0.0977. The van der Waals surface area contributed by atoms with Crippen molar-refractivity contribution in [3.8, 4) is 17.2 Å². The van der Waals surface area contributed by atoms with E-state index in [4.69, 9.17) is 10.2 Å². The monoisotopic (exact) mass is 495 g/mol. The van der Waals surface area contributed by atoms with Crippen LogP contribution in [0.4, 0.5) is 21.9 Å². The van der Waals surface area contributed by atoms with Crippen molar-refractivity contribution < 1.29 is 8.81 Å². The lowest BCUT2D eigenvalue weighted by atomic mass is 9.87. The Labute approximate surface area is 213 Å². The van der Waals surface area contributed by atoms with Gasteiger partial charge in [-0.2, -0.15) is 10.2 Å². The summed E-state index contributed by atoms with van der Waals surface area (Å²) in [6.45, 7) is 3.96. The van der Waals surface area contributed by atoms with E-state index in [1.165, 1.54) is 12.4 Å². The molecule has 0 atom stereocenters. The van der Waals surface area contributed by atoms with E-state index in [2.05, 4.69) is 30.9 Å². The van der Waals surface area contributed by atoms with Crippen molar-refractivity contribution in [3.63, 3.8) is 0 Å². The zero-order valence-corrected chi connectivity index (χ0v) is 20.6. The molecule has 6 rings (SSSR count). The van der Waals surface area contributed by atoms with Crippen molar-refractivity contribution >= 4 is 39.7 Å². The molecule has 1 saturated carbocycles. The molecule has 1 aliphatic carbocycles. The quantitative estimate of drug-likeness (QED) is 0.289. The highest BCUT2D eigenvalue weighted by Gasteiger charge is 2.26. The number of anilines is 3. The molecule has 8 nitrogen and oxygen atoms in total. The van der Waals surface area contributed by atoms with Crippen molar-refractivity contribution in [2.45, 2.75) is 45.6 Å². The van der Waals surface area contributed by atoms with Crippen LogP contribution in [0.15, 0.2) is 47.3 Å². The maximum Gasteiger partial charge on any atom is 0.300 e. The number of nitrogens with one attached hydrogen (secondary N) is 1. The Bertz CT molecular complexity index is 1690. The molecule has 1 aliphatic rings. The van der Waals surface area contributed by atoms with E-state index in [0.29, 0.717) is 22.4 Å². The van der Waals surface area contributed by atoms with Crippen LogP contribution >= 0.6 is 0 Å². The van der Waals surface area contributed by atoms with Crippen molar-refractivity contribution in [3.05, 3.63) is 59.8 Å². The molecule has 0 radical (unpaired) electrons. The Balaban J connectivity index is 1.35. The molecular formula is C28H26FN7O. The second-order valence-corrected chi connectivity index (χ2v) is 9.81. The Morgan fingerprint density at radius 1 is 1.14 bits per heavy atom. The van der Waals surface area contributed by atoms with Gasteiger partial charge in [-0.25, -0.2) is 14.4 Å². The number of nitriles is 1. The lowest BCUT2D eigenvalue weighted by molar-refractivity contribution is 0.318. The van der Waals surface area contributed by atoms with Crippen LogP contribution in [-0.2, 0) is 0 Å². The number of nitrogen functional groups attached to an aromatic ring is 1. The fourth-order valence-corrected chi connectivity index (χ4v) is 5.42. The molecule has 0 amide bonds. The Morgan fingerprint density at radius 3 is 2.70 bits per heavy atom. The largest absolute Gasteiger partial charge is 0.423 e. The van der Waals surface area contributed by atoms with Crippen LogP contribution in [0.5, 0.6) is 0 Å². The van der Waals surface area contributed by atoms with E-state index >= 15 is 4.39 Å². The summed E-state index contributed by atoms with van der Waals surface area (Å²) >= 11 is 0. The van der Waals surface area contributed by atoms with E-state index in [9.17, 15) is 5.26 Å². The van der Waals surface area contributed by atoms with Gasteiger partial charge in [-0.05, 0) is 74.4 Å². The number of nitrogens with two attached hydrogens (primary N) is 1. The molecule has 5 aromatic rings. The van der Waals surface area contributed by atoms with Gasteiger partial charge in [0.05, 0.1) is 17.1 Å². The summed E-state index contributed by atoms with van der Waals surface area (Å²) in [5.41, 5.74) is 12.2. The number of aryl methyl sites for hydroxylation is 2. The molecule has 0 aliphatic heterocycles. The molecule has 9 heteroatoms. The van der Waals surface area contributed by atoms with Gasteiger partial charge >= 0.3 is 0 Å². The highest BCUT2D eigenvalue weighted by molar-refractivity contribution is 6.00. The van der Waals surface area contributed by atoms with Gasteiger partial charge in [-0.15, -0.1) is 0 Å². The number of fused-ring (bicyclic) bond motifs is 2. The minimum atomic E-state index is -0.446. The lowest BCUT2D eigenvalue weighted by Crippen LogP contribution is -2.17. The molecule has 186 valence electrons. The van der Waals surface area contributed by atoms with Crippen LogP contribution in [0.1, 0.15) is 42.9 Å². The van der Waals surface area contributed by atoms with Crippen molar-refractivity contribution in [2.75, 3.05) is 11.1 Å². The second kappa shape index (κ2) is 8.89. The SMILES string of the molecule is Cc1cc(C)c2oc(Nc3ccc(-c4cn([C@H]5CC[C@H](C#N)CC5)c5ncnc(N)c45)cc3F)nc2c1. The van der Waals surface area contributed by atoms with Gasteiger partial charge in [0.2, 0.25) is 0 Å². The van der Waals surface area contributed by atoms with E-state index in [-0.39, 0.29) is 23.7 Å². The third-order valence-corrected chi connectivity index (χ3v) is 7.25. The van der Waals surface area contributed by atoms with Gasteiger partial charge in [0.1, 0.15) is 29.1 Å².